The highest BCUT2D eigenvalue weighted by molar-refractivity contribution is 9.10. The van der Waals surface area contributed by atoms with E-state index in [9.17, 15) is 17.6 Å². The van der Waals surface area contributed by atoms with Gasteiger partial charge in [0.25, 0.3) is 0 Å². The number of benzene rings is 2. The maximum atomic E-state index is 14.3. The monoisotopic (exact) mass is 507 g/mol. The predicted octanol–water partition coefficient (Wildman–Crippen LogP) is 3.78. The van der Waals surface area contributed by atoms with Crippen LogP contribution in [0.1, 0.15) is 12.8 Å². The first-order valence-electron chi connectivity index (χ1n) is 9.58. The Bertz CT molecular complexity index is 1220. The molecule has 2 heterocycles. The van der Waals surface area contributed by atoms with E-state index in [2.05, 4.69) is 20.9 Å². The van der Waals surface area contributed by atoms with Crippen LogP contribution in [-0.4, -0.2) is 32.4 Å². The number of nitrogens with zero attached hydrogens (tertiary/aromatic N) is 2. The van der Waals surface area contributed by atoms with Crippen molar-refractivity contribution in [2.75, 3.05) is 18.0 Å². The van der Waals surface area contributed by atoms with Gasteiger partial charge in [-0.25, -0.2) is 12.8 Å². The largest absolute Gasteiger partial charge is 0.419 e. The summed E-state index contributed by atoms with van der Waals surface area (Å²) in [5.41, 5.74) is 5.46. The van der Waals surface area contributed by atoms with Crippen LogP contribution in [0, 0.1) is 11.7 Å². The van der Waals surface area contributed by atoms with Crippen LogP contribution in [0.25, 0.3) is 11.5 Å². The van der Waals surface area contributed by atoms with Gasteiger partial charge in [-0.2, -0.15) is 4.98 Å². The highest BCUT2D eigenvalue weighted by Crippen LogP contribution is 2.37. The number of aromatic nitrogens is 1. The van der Waals surface area contributed by atoms with Crippen LogP contribution >= 0.6 is 15.9 Å². The number of carbonyl (C=O) groups excluding carboxylic acids is 1. The number of hydrogen-bond donors (Lipinski definition) is 1. The average Bonchev–Trinajstić information content (AvgIpc) is 3.20. The molecule has 10 heteroatoms. The highest BCUT2D eigenvalue weighted by atomic mass is 79.9. The van der Waals surface area contributed by atoms with Gasteiger partial charge in [0.1, 0.15) is 5.82 Å². The molecule has 0 atom stereocenters. The molecule has 1 amide bonds. The van der Waals surface area contributed by atoms with E-state index >= 15 is 0 Å². The minimum atomic E-state index is -4.05. The Morgan fingerprint density at radius 1 is 1.13 bits per heavy atom. The molecule has 1 aliphatic rings. The maximum Gasteiger partial charge on any atom is 0.236 e. The number of rotatable bonds is 5. The first kappa shape index (κ1) is 21.5. The zero-order chi connectivity index (χ0) is 22.2. The van der Waals surface area contributed by atoms with Gasteiger partial charge in [-0.15, -0.1) is 0 Å². The Labute approximate surface area is 187 Å². The third kappa shape index (κ3) is 4.22. The van der Waals surface area contributed by atoms with Gasteiger partial charge in [-0.1, -0.05) is 28.1 Å². The van der Waals surface area contributed by atoms with E-state index in [0.717, 1.165) is 4.47 Å². The normalized spacial score (nSPS) is 15.2. The van der Waals surface area contributed by atoms with Crippen LogP contribution in [0.15, 0.2) is 67.3 Å². The second-order valence-electron chi connectivity index (χ2n) is 7.23. The zero-order valence-electron chi connectivity index (χ0n) is 16.3. The fourth-order valence-corrected chi connectivity index (χ4v) is 5.10. The van der Waals surface area contributed by atoms with E-state index in [4.69, 9.17) is 10.2 Å². The molecule has 7 nitrogen and oxygen atoms in total. The first-order chi connectivity index (χ1) is 14.8. The Kier molecular flexibility index (Phi) is 5.85. The van der Waals surface area contributed by atoms with Gasteiger partial charge in [0, 0.05) is 23.5 Å². The number of halogens is 2. The summed E-state index contributed by atoms with van der Waals surface area (Å²) >= 11 is 3.29. The van der Waals surface area contributed by atoms with E-state index in [-0.39, 0.29) is 39.1 Å². The molecule has 2 N–H and O–H groups in total. The highest BCUT2D eigenvalue weighted by Gasteiger charge is 2.34. The van der Waals surface area contributed by atoms with Crippen molar-refractivity contribution in [3.63, 3.8) is 0 Å². The van der Waals surface area contributed by atoms with E-state index in [1.807, 2.05) is 0 Å². The molecule has 4 rings (SSSR count). The van der Waals surface area contributed by atoms with Crippen LogP contribution in [0.5, 0.6) is 0 Å². The number of nitrogens with two attached hydrogens (primary N) is 1. The zero-order valence-corrected chi connectivity index (χ0v) is 18.7. The van der Waals surface area contributed by atoms with E-state index in [1.54, 1.807) is 23.1 Å². The summed E-state index contributed by atoms with van der Waals surface area (Å²) in [5, 5.41) is -0.286. The van der Waals surface area contributed by atoms with E-state index < -0.39 is 15.7 Å². The number of anilines is 1. The molecular formula is C21H19BrFN3O4S. The molecule has 1 aromatic heterocycles. The smallest absolute Gasteiger partial charge is 0.236 e. The second-order valence-corrected chi connectivity index (χ2v) is 10.0. The molecule has 1 saturated heterocycles. The van der Waals surface area contributed by atoms with Crippen LogP contribution in [-0.2, 0) is 14.6 Å². The lowest BCUT2D eigenvalue weighted by Crippen LogP contribution is -2.38. The van der Waals surface area contributed by atoms with Gasteiger partial charge < -0.3 is 15.1 Å². The van der Waals surface area contributed by atoms with Crippen molar-refractivity contribution in [3.8, 4) is 11.5 Å². The first-order valence-corrected chi connectivity index (χ1v) is 11.9. The quantitative estimate of drug-likeness (QED) is 0.563. The Morgan fingerprint density at radius 3 is 2.39 bits per heavy atom. The fourth-order valence-electron chi connectivity index (χ4n) is 3.52. The summed E-state index contributed by atoms with van der Waals surface area (Å²) in [7, 11) is -4.05. The molecule has 0 radical (unpaired) electrons. The molecule has 31 heavy (non-hydrogen) atoms. The lowest BCUT2D eigenvalue weighted by molar-refractivity contribution is -0.122. The molecular weight excluding hydrogens is 489 g/mol. The maximum absolute atomic E-state index is 14.3. The Morgan fingerprint density at radius 2 is 1.77 bits per heavy atom. The standard InChI is InChI=1S/C21H19BrFN3O4S/c22-14-5-7-15(8-6-14)31(28,29)20-21(26-11-9-13(10-12-26)18(24)27)30-19(25-20)16-3-1-2-4-17(16)23/h1-8,13H,9-12H2,(H2,24,27). The summed E-state index contributed by atoms with van der Waals surface area (Å²) in [6.45, 7) is 0.727. The van der Waals surface area contributed by atoms with Gasteiger partial charge in [0.05, 0.1) is 10.5 Å². The number of piperidine rings is 1. The molecule has 2 aromatic carbocycles. The molecule has 0 saturated carbocycles. The molecule has 0 aliphatic carbocycles. The summed E-state index contributed by atoms with van der Waals surface area (Å²) in [5.74, 6) is -1.33. The van der Waals surface area contributed by atoms with Gasteiger partial charge in [-0.05, 0) is 49.2 Å². The van der Waals surface area contributed by atoms with Crippen LogP contribution in [0.3, 0.4) is 0 Å². The van der Waals surface area contributed by atoms with Crippen molar-refractivity contribution in [3.05, 3.63) is 58.8 Å². The van der Waals surface area contributed by atoms with Gasteiger partial charge >= 0.3 is 0 Å². The molecule has 3 aromatic rings. The number of carbonyl (C=O) groups is 1. The molecule has 1 fully saturated rings. The van der Waals surface area contributed by atoms with Crippen LogP contribution in [0.2, 0.25) is 0 Å². The van der Waals surface area contributed by atoms with Crippen molar-refractivity contribution in [1.82, 2.24) is 4.98 Å². The third-order valence-electron chi connectivity index (χ3n) is 5.25. The second kappa shape index (κ2) is 8.43. The lowest BCUT2D eigenvalue weighted by Gasteiger charge is -2.30. The van der Waals surface area contributed by atoms with E-state index in [1.165, 1.54) is 30.3 Å². The lowest BCUT2D eigenvalue weighted by atomic mass is 9.96. The molecule has 0 spiro atoms. The Balaban J connectivity index is 1.80. The van der Waals surface area contributed by atoms with E-state index in [0.29, 0.717) is 25.9 Å². The van der Waals surface area contributed by atoms with Gasteiger partial charge in [-0.3, -0.25) is 4.79 Å². The molecule has 1 aliphatic heterocycles. The number of primary amides is 1. The van der Waals surface area contributed by atoms with Crippen LogP contribution < -0.4 is 10.6 Å². The number of hydrogen-bond acceptors (Lipinski definition) is 6. The Hall–Kier alpha value is -2.72. The predicted molar refractivity (Wildman–Crippen MR) is 116 cm³/mol. The molecule has 0 unspecified atom stereocenters. The SMILES string of the molecule is NC(=O)C1CCN(c2oc(-c3ccccc3F)nc2S(=O)(=O)c2ccc(Br)cc2)CC1. The molecule has 0 bridgehead atoms. The van der Waals surface area contributed by atoms with Crippen molar-refractivity contribution in [1.29, 1.82) is 0 Å². The van der Waals surface area contributed by atoms with Crippen molar-refractivity contribution >= 4 is 37.6 Å². The number of oxazole rings is 1. The average molecular weight is 508 g/mol. The number of amides is 1. The van der Waals surface area contributed by atoms with Gasteiger partial charge in [0.15, 0.2) is 0 Å². The third-order valence-corrected chi connectivity index (χ3v) is 7.44. The van der Waals surface area contributed by atoms with Crippen molar-refractivity contribution in [2.24, 2.45) is 11.7 Å². The number of sulfone groups is 1. The summed E-state index contributed by atoms with van der Waals surface area (Å²) in [4.78, 5) is 17.4. The summed E-state index contributed by atoms with van der Waals surface area (Å²) in [6, 6.07) is 12.0. The van der Waals surface area contributed by atoms with Crippen molar-refractivity contribution < 1.29 is 22.0 Å². The topological polar surface area (TPSA) is 106 Å². The fraction of sp³-hybridized carbons (Fsp3) is 0.238. The minimum Gasteiger partial charge on any atom is -0.419 e. The summed E-state index contributed by atoms with van der Waals surface area (Å²) < 4.78 is 47.6. The van der Waals surface area contributed by atoms with Gasteiger partial charge in [0.2, 0.25) is 32.5 Å². The van der Waals surface area contributed by atoms with Crippen LogP contribution in [0.4, 0.5) is 10.3 Å². The summed E-state index contributed by atoms with van der Waals surface area (Å²) in [6.07, 6.45) is 0.922. The molecule has 162 valence electrons. The van der Waals surface area contributed by atoms with Crippen molar-refractivity contribution in [2.45, 2.75) is 22.8 Å². The minimum absolute atomic E-state index is 0.0316.